The zero-order valence-electron chi connectivity index (χ0n) is 18.0. The topological polar surface area (TPSA) is 12.9 Å². The van der Waals surface area contributed by atoms with Crippen LogP contribution in [-0.4, -0.2) is 4.98 Å². The number of halogens is 4. The van der Waals surface area contributed by atoms with Gasteiger partial charge in [0.1, 0.15) is 23.3 Å². The van der Waals surface area contributed by atoms with Crippen LogP contribution in [0.3, 0.4) is 0 Å². The van der Waals surface area contributed by atoms with Crippen LogP contribution >= 0.6 is 0 Å². The van der Waals surface area contributed by atoms with E-state index in [1.807, 2.05) is 24.3 Å². The molecular weight excluding hydrogens is 426 g/mol. The highest BCUT2D eigenvalue weighted by molar-refractivity contribution is 6.01. The molecule has 5 rings (SSSR count). The smallest absolute Gasteiger partial charge is 0.126 e. The van der Waals surface area contributed by atoms with Crippen molar-refractivity contribution < 1.29 is 17.6 Å². The molecule has 0 aliphatic heterocycles. The Bertz CT molecular complexity index is 1390. The van der Waals surface area contributed by atoms with Gasteiger partial charge >= 0.3 is 0 Å². The summed E-state index contributed by atoms with van der Waals surface area (Å²) >= 11 is 0. The second-order valence-electron chi connectivity index (χ2n) is 8.46. The molecule has 0 N–H and O–H groups in total. The predicted octanol–water partition coefficient (Wildman–Crippen LogP) is 8.40. The number of benzene rings is 4. The first-order valence-corrected chi connectivity index (χ1v) is 10.6. The van der Waals surface area contributed by atoms with E-state index in [1.165, 1.54) is 24.3 Å². The van der Waals surface area contributed by atoms with E-state index >= 15 is 0 Å². The zero-order chi connectivity index (χ0) is 23.3. The van der Waals surface area contributed by atoms with Gasteiger partial charge in [-0.05, 0) is 82.3 Å². The van der Waals surface area contributed by atoms with E-state index < -0.39 is 23.3 Å². The van der Waals surface area contributed by atoms with Crippen LogP contribution < -0.4 is 0 Å². The third kappa shape index (κ3) is 3.95. The number of pyridine rings is 1. The van der Waals surface area contributed by atoms with E-state index in [0.717, 1.165) is 39.5 Å². The second-order valence-corrected chi connectivity index (χ2v) is 8.46. The lowest BCUT2D eigenvalue weighted by Crippen LogP contribution is -1.96. The third-order valence-electron chi connectivity index (χ3n) is 5.78. The Morgan fingerprint density at radius 1 is 0.515 bits per heavy atom. The molecule has 0 bridgehead atoms. The van der Waals surface area contributed by atoms with Crippen LogP contribution in [0.2, 0.25) is 0 Å². The average molecular weight is 445 g/mol. The predicted molar refractivity (Wildman–Crippen MR) is 124 cm³/mol. The summed E-state index contributed by atoms with van der Waals surface area (Å²) < 4.78 is 55.2. The molecule has 0 aliphatic rings. The summed E-state index contributed by atoms with van der Waals surface area (Å²) in [4.78, 5) is 4.76. The van der Waals surface area contributed by atoms with Crippen molar-refractivity contribution in [2.24, 2.45) is 0 Å². The number of hydrogen-bond donors (Lipinski definition) is 0. The Balaban J connectivity index is 1.77. The molecule has 0 amide bonds. The molecule has 0 fully saturated rings. The molecule has 0 spiro atoms. The summed E-state index contributed by atoms with van der Waals surface area (Å²) in [5, 5.41) is 1.73. The summed E-state index contributed by atoms with van der Waals surface area (Å²) in [5.74, 6) is -2.47. The lowest BCUT2D eigenvalue weighted by molar-refractivity contribution is 0.583. The Morgan fingerprint density at radius 2 is 0.909 bits per heavy atom. The molecule has 33 heavy (non-hydrogen) atoms. The van der Waals surface area contributed by atoms with Crippen molar-refractivity contribution in [3.05, 3.63) is 102 Å². The minimum Gasteiger partial charge on any atom is -0.248 e. The first-order chi connectivity index (χ1) is 15.8. The molecule has 0 unspecified atom stereocenters. The van der Waals surface area contributed by atoms with Gasteiger partial charge in [-0.1, -0.05) is 26.0 Å². The SMILES string of the molecule is CC(C)c1c2cc(-c3cc(F)cc(F)c3)ccc2nc2ccc(-c3cc(F)cc(F)c3)cc12. The van der Waals surface area contributed by atoms with Gasteiger partial charge in [0.15, 0.2) is 0 Å². The molecule has 4 aromatic carbocycles. The van der Waals surface area contributed by atoms with Crippen LogP contribution in [0.5, 0.6) is 0 Å². The van der Waals surface area contributed by atoms with E-state index in [2.05, 4.69) is 13.8 Å². The molecule has 5 aromatic rings. The number of nitrogens with zero attached hydrogens (tertiary/aromatic N) is 1. The fourth-order valence-corrected chi connectivity index (χ4v) is 4.40. The van der Waals surface area contributed by atoms with E-state index in [1.54, 1.807) is 12.1 Å². The largest absolute Gasteiger partial charge is 0.248 e. The van der Waals surface area contributed by atoms with Crippen molar-refractivity contribution in [1.29, 1.82) is 0 Å². The van der Waals surface area contributed by atoms with Crippen molar-refractivity contribution in [2.75, 3.05) is 0 Å². The van der Waals surface area contributed by atoms with Crippen LogP contribution in [-0.2, 0) is 0 Å². The first-order valence-electron chi connectivity index (χ1n) is 10.6. The van der Waals surface area contributed by atoms with E-state index in [9.17, 15) is 17.6 Å². The molecule has 0 atom stereocenters. The summed E-state index contributed by atoms with van der Waals surface area (Å²) in [6, 6.07) is 17.9. The average Bonchev–Trinajstić information content (AvgIpc) is 2.75. The maximum absolute atomic E-state index is 13.8. The Kier molecular flexibility index (Phi) is 5.12. The van der Waals surface area contributed by atoms with Gasteiger partial charge in [-0.2, -0.15) is 0 Å². The van der Waals surface area contributed by atoms with E-state index in [-0.39, 0.29) is 5.92 Å². The molecular formula is C28H19F4N. The Hall–Kier alpha value is -3.73. The highest BCUT2D eigenvalue weighted by Crippen LogP contribution is 2.36. The van der Waals surface area contributed by atoms with Crippen molar-refractivity contribution in [2.45, 2.75) is 19.8 Å². The van der Waals surface area contributed by atoms with E-state index in [4.69, 9.17) is 4.98 Å². The minimum absolute atomic E-state index is 0.0944. The molecule has 164 valence electrons. The lowest BCUT2D eigenvalue weighted by Gasteiger charge is -2.16. The van der Waals surface area contributed by atoms with Gasteiger partial charge in [0.05, 0.1) is 11.0 Å². The second kappa shape index (κ2) is 8.00. The number of fused-ring (bicyclic) bond motifs is 2. The third-order valence-corrected chi connectivity index (χ3v) is 5.78. The highest BCUT2D eigenvalue weighted by atomic mass is 19.1. The van der Waals surface area contributed by atoms with Gasteiger partial charge in [-0.15, -0.1) is 0 Å². The molecule has 5 heteroatoms. The summed E-state index contributed by atoms with van der Waals surface area (Å²) in [6.45, 7) is 4.11. The molecule has 0 saturated heterocycles. The monoisotopic (exact) mass is 445 g/mol. The van der Waals surface area contributed by atoms with Crippen molar-refractivity contribution in [3.8, 4) is 22.3 Å². The fraction of sp³-hybridized carbons (Fsp3) is 0.107. The van der Waals surface area contributed by atoms with Crippen LogP contribution in [0.1, 0.15) is 25.3 Å². The quantitative estimate of drug-likeness (QED) is 0.201. The number of aromatic nitrogens is 1. The molecule has 1 aromatic heterocycles. The standard InChI is InChI=1S/C28H19F4N/c1-15(2)28-24-11-16(18-7-20(29)13-21(30)8-18)3-5-26(24)33-27-6-4-17(12-25(27)28)19-9-22(31)14-23(32)10-19/h3-15H,1-2H3. The lowest BCUT2D eigenvalue weighted by atomic mass is 9.90. The molecule has 0 radical (unpaired) electrons. The Labute approximate surface area is 188 Å². The van der Waals surface area contributed by atoms with E-state index in [0.29, 0.717) is 22.3 Å². The Morgan fingerprint density at radius 3 is 1.27 bits per heavy atom. The van der Waals surface area contributed by atoms with Crippen LogP contribution in [0.4, 0.5) is 17.6 Å². The normalized spacial score (nSPS) is 11.6. The van der Waals surface area contributed by atoms with Gasteiger partial charge < -0.3 is 0 Å². The van der Waals surface area contributed by atoms with Crippen molar-refractivity contribution >= 4 is 21.8 Å². The van der Waals surface area contributed by atoms with Crippen molar-refractivity contribution in [3.63, 3.8) is 0 Å². The zero-order valence-corrected chi connectivity index (χ0v) is 18.0. The van der Waals surface area contributed by atoms with Gasteiger partial charge in [-0.25, -0.2) is 22.5 Å². The summed E-state index contributed by atoms with van der Waals surface area (Å²) in [7, 11) is 0. The molecule has 1 nitrogen and oxygen atoms in total. The van der Waals surface area contributed by atoms with Gasteiger partial charge in [0.25, 0.3) is 0 Å². The summed E-state index contributed by atoms with van der Waals surface area (Å²) in [6.07, 6.45) is 0. The van der Waals surface area contributed by atoms with Crippen LogP contribution in [0, 0.1) is 23.3 Å². The van der Waals surface area contributed by atoms with Gasteiger partial charge in [0, 0.05) is 22.9 Å². The molecule has 1 heterocycles. The number of rotatable bonds is 3. The first kappa shape index (κ1) is 21.1. The minimum atomic E-state index is -0.641. The van der Waals surface area contributed by atoms with Gasteiger partial charge in [-0.3, -0.25) is 0 Å². The van der Waals surface area contributed by atoms with Crippen LogP contribution in [0.25, 0.3) is 44.1 Å². The van der Waals surface area contributed by atoms with Crippen LogP contribution in [0.15, 0.2) is 72.8 Å². The maximum Gasteiger partial charge on any atom is 0.126 e. The van der Waals surface area contributed by atoms with Gasteiger partial charge in [0.2, 0.25) is 0 Å². The fourth-order valence-electron chi connectivity index (χ4n) is 4.40. The summed E-state index contributed by atoms with van der Waals surface area (Å²) in [5.41, 5.74) is 4.75. The maximum atomic E-state index is 13.8. The molecule has 0 saturated carbocycles. The molecule has 0 aliphatic carbocycles. The van der Waals surface area contributed by atoms with Crippen molar-refractivity contribution in [1.82, 2.24) is 4.98 Å². The number of hydrogen-bond acceptors (Lipinski definition) is 1. The highest BCUT2D eigenvalue weighted by Gasteiger charge is 2.15.